The van der Waals surface area contributed by atoms with Gasteiger partial charge in [0.2, 0.25) is 0 Å². The zero-order chi connectivity index (χ0) is 12.5. The van der Waals surface area contributed by atoms with Crippen molar-refractivity contribution < 1.29 is 19.0 Å². The summed E-state index contributed by atoms with van der Waals surface area (Å²) < 4.78 is 17.6. The second-order valence-corrected chi connectivity index (χ2v) is 4.51. The first kappa shape index (κ1) is 12.1. The Hall–Kier alpha value is -1.33. The molecule has 94 valence electrons. The van der Waals surface area contributed by atoms with Crippen LogP contribution in [0.3, 0.4) is 0 Å². The van der Waals surface area contributed by atoms with Crippen LogP contribution in [-0.2, 0) is 27.4 Å². The SMILES string of the molecule is COCC1(C)Cn2cc(C(=O)OC)cc2CO1. The van der Waals surface area contributed by atoms with E-state index in [0.29, 0.717) is 25.3 Å². The molecule has 5 heteroatoms. The number of esters is 1. The van der Waals surface area contributed by atoms with E-state index in [-0.39, 0.29) is 11.6 Å². The van der Waals surface area contributed by atoms with E-state index in [1.165, 1.54) is 7.11 Å². The second kappa shape index (κ2) is 4.50. The second-order valence-electron chi connectivity index (χ2n) is 4.51. The number of hydrogen-bond acceptors (Lipinski definition) is 4. The molecule has 0 fully saturated rings. The van der Waals surface area contributed by atoms with Gasteiger partial charge in [0.25, 0.3) is 0 Å². The number of aromatic nitrogens is 1. The number of carbonyl (C=O) groups is 1. The predicted octanol–water partition coefficient (Wildman–Crippen LogP) is 1.21. The number of carbonyl (C=O) groups excluding carboxylic acids is 1. The lowest BCUT2D eigenvalue weighted by molar-refractivity contribution is -0.112. The van der Waals surface area contributed by atoms with Gasteiger partial charge in [-0.3, -0.25) is 0 Å². The molecule has 1 aromatic rings. The summed E-state index contributed by atoms with van der Waals surface area (Å²) >= 11 is 0. The lowest BCUT2D eigenvalue weighted by Gasteiger charge is -2.34. The van der Waals surface area contributed by atoms with E-state index in [1.807, 2.05) is 11.5 Å². The minimum atomic E-state index is -0.339. The zero-order valence-corrected chi connectivity index (χ0v) is 10.4. The van der Waals surface area contributed by atoms with Crippen LogP contribution in [0.1, 0.15) is 23.0 Å². The predicted molar refractivity (Wildman–Crippen MR) is 60.8 cm³/mol. The molecule has 0 aromatic carbocycles. The van der Waals surface area contributed by atoms with Gasteiger partial charge in [-0.05, 0) is 13.0 Å². The summed E-state index contributed by atoms with van der Waals surface area (Å²) in [5, 5.41) is 0. The number of fused-ring (bicyclic) bond motifs is 1. The van der Waals surface area contributed by atoms with Gasteiger partial charge < -0.3 is 18.8 Å². The molecule has 5 nitrogen and oxygen atoms in total. The van der Waals surface area contributed by atoms with Gasteiger partial charge in [0.15, 0.2) is 0 Å². The summed E-state index contributed by atoms with van der Waals surface area (Å²) in [6.07, 6.45) is 1.80. The van der Waals surface area contributed by atoms with Crippen molar-refractivity contribution in [3.63, 3.8) is 0 Å². The maximum atomic E-state index is 11.4. The van der Waals surface area contributed by atoms with Gasteiger partial charge in [0.1, 0.15) is 5.60 Å². The Bertz CT molecular complexity index is 426. The van der Waals surface area contributed by atoms with E-state index in [1.54, 1.807) is 19.4 Å². The van der Waals surface area contributed by atoms with Crippen molar-refractivity contribution in [3.05, 3.63) is 23.5 Å². The molecule has 0 radical (unpaired) electrons. The number of hydrogen-bond donors (Lipinski definition) is 0. The first-order chi connectivity index (χ1) is 8.08. The number of rotatable bonds is 3. The van der Waals surface area contributed by atoms with Gasteiger partial charge in [-0.15, -0.1) is 0 Å². The molecule has 0 aliphatic carbocycles. The molecule has 0 bridgehead atoms. The Balaban J connectivity index is 2.21. The van der Waals surface area contributed by atoms with Crippen molar-refractivity contribution in [3.8, 4) is 0 Å². The van der Waals surface area contributed by atoms with Crippen LogP contribution in [0.4, 0.5) is 0 Å². The molecule has 17 heavy (non-hydrogen) atoms. The van der Waals surface area contributed by atoms with Gasteiger partial charge in [0.05, 0.1) is 32.4 Å². The highest BCUT2D eigenvalue weighted by molar-refractivity contribution is 5.89. The summed E-state index contributed by atoms with van der Waals surface area (Å²) in [6.45, 7) is 3.68. The molecular weight excluding hydrogens is 222 g/mol. The maximum absolute atomic E-state index is 11.4. The van der Waals surface area contributed by atoms with E-state index < -0.39 is 0 Å². The van der Waals surface area contributed by atoms with E-state index in [9.17, 15) is 4.79 Å². The first-order valence-corrected chi connectivity index (χ1v) is 5.48. The third-order valence-corrected chi connectivity index (χ3v) is 2.93. The van der Waals surface area contributed by atoms with E-state index in [0.717, 1.165) is 5.69 Å². The Morgan fingerprint density at radius 3 is 3.00 bits per heavy atom. The topological polar surface area (TPSA) is 49.7 Å². The van der Waals surface area contributed by atoms with Crippen LogP contribution in [0, 0.1) is 0 Å². The van der Waals surface area contributed by atoms with E-state index in [4.69, 9.17) is 14.2 Å². The van der Waals surface area contributed by atoms with Crippen molar-refractivity contribution in [2.45, 2.75) is 25.7 Å². The molecule has 1 unspecified atom stereocenters. The monoisotopic (exact) mass is 239 g/mol. The minimum absolute atomic E-state index is 0.319. The van der Waals surface area contributed by atoms with Crippen LogP contribution in [-0.4, -0.2) is 37.0 Å². The van der Waals surface area contributed by atoms with Crippen molar-refractivity contribution in [1.29, 1.82) is 0 Å². The molecular formula is C12H17NO4. The van der Waals surface area contributed by atoms with Crippen molar-refractivity contribution in [1.82, 2.24) is 4.57 Å². The Kier molecular flexibility index (Phi) is 3.22. The van der Waals surface area contributed by atoms with Crippen LogP contribution in [0.5, 0.6) is 0 Å². The normalized spacial score (nSPS) is 23.2. The third kappa shape index (κ3) is 2.35. The van der Waals surface area contributed by atoms with Crippen LogP contribution in [0.2, 0.25) is 0 Å². The van der Waals surface area contributed by atoms with Gasteiger partial charge in [-0.1, -0.05) is 0 Å². The van der Waals surface area contributed by atoms with Gasteiger partial charge in [0, 0.05) is 19.0 Å². The fourth-order valence-corrected chi connectivity index (χ4v) is 2.10. The summed E-state index contributed by atoms with van der Waals surface area (Å²) in [5.41, 5.74) is 1.21. The van der Waals surface area contributed by atoms with Gasteiger partial charge in [-0.2, -0.15) is 0 Å². The molecule has 2 rings (SSSR count). The van der Waals surface area contributed by atoms with E-state index in [2.05, 4.69) is 0 Å². The highest BCUT2D eigenvalue weighted by atomic mass is 16.5. The molecule has 0 spiro atoms. The molecule has 0 saturated heterocycles. The fourth-order valence-electron chi connectivity index (χ4n) is 2.10. The van der Waals surface area contributed by atoms with Gasteiger partial charge >= 0.3 is 5.97 Å². The van der Waals surface area contributed by atoms with Crippen LogP contribution >= 0.6 is 0 Å². The lowest BCUT2D eigenvalue weighted by Crippen LogP contribution is -2.42. The lowest BCUT2D eigenvalue weighted by atomic mass is 10.1. The van der Waals surface area contributed by atoms with E-state index >= 15 is 0 Å². The summed E-state index contributed by atoms with van der Waals surface area (Å²) in [4.78, 5) is 11.4. The largest absolute Gasteiger partial charge is 0.465 e. The number of nitrogens with zero attached hydrogens (tertiary/aromatic N) is 1. The standard InChI is InChI=1S/C12H17NO4/c1-12(8-15-2)7-13-5-9(11(14)16-3)4-10(13)6-17-12/h4-5H,6-8H2,1-3H3. The average Bonchev–Trinajstić information content (AvgIpc) is 2.70. The van der Waals surface area contributed by atoms with Crippen LogP contribution in [0.25, 0.3) is 0 Å². The summed E-state index contributed by atoms with van der Waals surface area (Å²) in [5.74, 6) is -0.319. The molecule has 0 amide bonds. The Morgan fingerprint density at radius 2 is 2.35 bits per heavy atom. The molecule has 0 N–H and O–H groups in total. The van der Waals surface area contributed by atoms with Crippen LogP contribution in [0.15, 0.2) is 12.3 Å². The van der Waals surface area contributed by atoms with Crippen molar-refractivity contribution in [2.75, 3.05) is 20.8 Å². The van der Waals surface area contributed by atoms with Crippen LogP contribution < -0.4 is 0 Å². The fraction of sp³-hybridized carbons (Fsp3) is 0.583. The average molecular weight is 239 g/mol. The molecule has 2 heterocycles. The molecule has 1 atom stereocenters. The highest BCUT2D eigenvalue weighted by Gasteiger charge is 2.31. The summed E-state index contributed by atoms with van der Waals surface area (Å²) in [7, 11) is 3.03. The number of methoxy groups -OCH3 is 2. The Morgan fingerprint density at radius 1 is 1.59 bits per heavy atom. The first-order valence-electron chi connectivity index (χ1n) is 5.48. The maximum Gasteiger partial charge on any atom is 0.339 e. The third-order valence-electron chi connectivity index (χ3n) is 2.93. The minimum Gasteiger partial charge on any atom is -0.465 e. The zero-order valence-electron chi connectivity index (χ0n) is 10.4. The Labute approximate surface area is 100 Å². The van der Waals surface area contributed by atoms with Crippen molar-refractivity contribution in [2.24, 2.45) is 0 Å². The molecule has 1 aromatic heterocycles. The molecule has 1 aliphatic rings. The highest BCUT2D eigenvalue weighted by Crippen LogP contribution is 2.25. The quantitative estimate of drug-likeness (QED) is 0.744. The van der Waals surface area contributed by atoms with Crippen molar-refractivity contribution >= 4 is 5.97 Å². The van der Waals surface area contributed by atoms with Gasteiger partial charge in [-0.25, -0.2) is 4.79 Å². The smallest absolute Gasteiger partial charge is 0.339 e. The molecule has 0 saturated carbocycles. The number of ether oxygens (including phenoxy) is 3. The molecule has 1 aliphatic heterocycles. The summed E-state index contributed by atoms with van der Waals surface area (Å²) in [6, 6.07) is 1.80.